The van der Waals surface area contributed by atoms with Crippen LogP contribution in [0, 0.1) is 0 Å². The first kappa shape index (κ1) is 16.4. The summed E-state index contributed by atoms with van der Waals surface area (Å²) in [6.07, 6.45) is 1.73. The molecule has 27 heavy (non-hydrogen) atoms. The number of likely N-dealkylation sites (tertiary alicyclic amines) is 1. The number of anilines is 1. The highest BCUT2D eigenvalue weighted by Crippen LogP contribution is 2.43. The van der Waals surface area contributed by atoms with Crippen LogP contribution in [0.2, 0.25) is 0 Å². The van der Waals surface area contributed by atoms with Gasteiger partial charge in [-0.15, -0.1) is 0 Å². The highest BCUT2D eigenvalue weighted by molar-refractivity contribution is 6.27. The van der Waals surface area contributed by atoms with E-state index in [1.165, 1.54) is 5.56 Å². The van der Waals surface area contributed by atoms with Crippen molar-refractivity contribution in [2.45, 2.75) is 31.2 Å². The van der Waals surface area contributed by atoms with Crippen molar-refractivity contribution in [1.29, 1.82) is 0 Å². The minimum atomic E-state index is -0.630. The van der Waals surface area contributed by atoms with Gasteiger partial charge in [0.2, 0.25) is 11.8 Å². The summed E-state index contributed by atoms with van der Waals surface area (Å²) < 4.78 is 0. The highest BCUT2D eigenvalue weighted by Gasteiger charge is 2.41. The fraction of sp³-hybridized carbons (Fsp3) is 0.381. The Morgan fingerprint density at radius 2 is 1.93 bits per heavy atom. The van der Waals surface area contributed by atoms with Crippen molar-refractivity contribution in [3.63, 3.8) is 0 Å². The van der Waals surface area contributed by atoms with E-state index in [2.05, 4.69) is 29.4 Å². The van der Waals surface area contributed by atoms with Crippen LogP contribution in [0.4, 0.5) is 5.69 Å². The van der Waals surface area contributed by atoms with Crippen LogP contribution in [0.1, 0.15) is 41.1 Å². The number of nitrogens with zero attached hydrogens (tertiary/aromatic N) is 2. The fourth-order valence-electron chi connectivity index (χ4n) is 4.81. The highest BCUT2D eigenvalue weighted by atomic mass is 16.2. The molecule has 0 bridgehead atoms. The van der Waals surface area contributed by atoms with Crippen LogP contribution in [-0.4, -0.2) is 48.8 Å². The van der Waals surface area contributed by atoms with Gasteiger partial charge in [-0.2, -0.15) is 0 Å². The standard InChI is InChI=1S/C21H21N3O3/c1-23-10-9-12(11-23)13-5-6-15-19-14(13)3-2-4-16(19)24(21(15)27)17-7-8-18(25)22-20(17)26/h2-6,12,17H,7-11H2,1H3,(H,22,25,26). The average Bonchev–Trinajstić information content (AvgIpc) is 3.19. The second-order valence-corrected chi connectivity index (χ2v) is 7.79. The molecule has 0 saturated carbocycles. The van der Waals surface area contributed by atoms with E-state index in [4.69, 9.17) is 0 Å². The Hall–Kier alpha value is -2.73. The van der Waals surface area contributed by atoms with E-state index in [0.717, 1.165) is 36.0 Å². The van der Waals surface area contributed by atoms with E-state index < -0.39 is 6.04 Å². The molecule has 0 aromatic heterocycles. The molecule has 3 aliphatic rings. The summed E-state index contributed by atoms with van der Waals surface area (Å²) in [6, 6.07) is 9.31. The lowest BCUT2D eigenvalue weighted by Gasteiger charge is -2.30. The Labute approximate surface area is 157 Å². The molecule has 1 N–H and O–H groups in total. The second kappa shape index (κ2) is 5.89. The number of hydrogen-bond donors (Lipinski definition) is 1. The number of rotatable bonds is 2. The van der Waals surface area contributed by atoms with Gasteiger partial charge >= 0.3 is 0 Å². The van der Waals surface area contributed by atoms with Crippen molar-refractivity contribution in [2.75, 3.05) is 25.0 Å². The van der Waals surface area contributed by atoms with Crippen molar-refractivity contribution in [1.82, 2.24) is 10.2 Å². The zero-order valence-electron chi connectivity index (χ0n) is 15.2. The molecule has 5 rings (SSSR count). The SMILES string of the molecule is CN1CCC(c2ccc3c4c(cccc24)N(C2CCC(=O)NC2=O)C3=O)C1. The van der Waals surface area contributed by atoms with Crippen molar-refractivity contribution >= 4 is 34.2 Å². The van der Waals surface area contributed by atoms with Crippen LogP contribution in [0.5, 0.6) is 0 Å². The normalized spacial score (nSPS) is 25.5. The van der Waals surface area contributed by atoms with Crippen LogP contribution in [0.15, 0.2) is 30.3 Å². The summed E-state index contributed by atoms with van der Waals surface area (Å²) in [5, 5.41) is 4.42. The Bertz CT molecular complexity index is 1000. The summed E-state index contributed by atoms with van der Waals surface area (Å²) in [5.74, 6) is -0.349. The van der Waals surface area contributed by atoms with Crippen LogP contribution < -0.4 is 10.2 Å². The predicted octanol–water partition coefficient (Wildman–Crippen LogP) is 2.02. The zero-order valence-corrected chi connectivity index (χ0v) is 15.2. The number of carbonyl (C=O) groups is 3. The Morgan fingerprint density at radius 3 is 2.67 bits per heavy atom. The maximum Gasteiger partial charge on any atom is 0.259 e. The molecule has 6 nitrogen and oxygen atoms in total. The van der Waals surface area contributed by atoms with Gasteiger partial charge in [0.1, 0.15) is 6.04 Å². The molecule has 2 aromatic rings. The lowest BCUT2D eigenvalue weighted by Crippen LogP contribution is -2.53. The van der Waals surface area contributed by atoms with E-state index in [0.29, 0.717) is 17.9 Å². The summed E-state index contributed by atoms with van der Waals surface area (Å²) >= 11 is 0. The van der Waals surface area contributed by atoms with Gasteiger partial charge in [-0.05, 0) is 55.4 Å². The zero-order chi connectivity index (χ0) is 18.7. The maximum absolute atomic E-state index is 13.1. The first-order chi connectivity index (χ1) is 13.0. The number of likely N-dealkylation sites (N-methyl/N-ethyl adjacent to an activating group) is 1. The van der Waals surface area contributed by atoms with Gasteiger partial charge in [-0.1, -0.05) is 18.2 Å². The minimum Gasteiger partial charge on any atom is -0.306 e. The van der Waals surface area contributed by atoms with Crippen LogP contribution in [0.3, 0.4) is 0 Å². The third-order valence-corrected chi connectivity index (χ3v) is 6.11. The van der Waals surface area contributed by atoms with E-state index in [1.807, 2.05) is 18.2 Å². The van der Waals surface area contributed by atoms with Crippen molar-refractivity contribution in [3.05, 3.63) is 41.5 Å². The number of hydrogen-bond acceptors (Lipinski definition) is 4. The number of amides is 3. The Kier molecular flexibility index (Phi) is 3.59. The molecule has 2 atom stereocenters. The Morgan fingerprint density at radius 1 is 1.07 bits per heavy atom. The maximum atomic E-state index is 13.1. The summed E-state index contributed by atoms with van der Waals surface area (Å²) in [7, 11) is 2.13. The molecule has 2 fully saturated rings. The van der Waals surface area contributed by atoms with Crippen LogP contribution >= 0.6 is 0 Å². The van der Waals surface area contributed by atoms with E-state index in [-0.39, 0.29) is 24.1 Å². The number of imide groups is 1. The first-order valence-corrected chi connectivity index (χ1v) is 9.46. The summed E-state index contributed by atoms with van der Waals surface area (Å²) in [5.41, 5.74) is 2.72. The second-order valence-electron chi connectivity index (χ2n) is 7.79. The molecular weight excluding hydrogens is 342 g/mol. The fourth-order valence-corrected chi connectivity index (χ4v) is 4.81. The molecule has 6 heteroatoms. The smallest absolute Gasteiger partial charge is 0.259 e. The van der Waals surface area contributed by atoms with Gasteiger partial charge in [0.25, 0.3) is 5.91 Å². The van der Waals surface area contributed by atoms with E-state index in [1.54, 1.807) is 4.90 Å². The van der Waals surface area contributed by atoms with Crippen molar-refractivity contribution in [2.24, 2.45) is 0 Å². The molecule has 0 spiro atoms. The number of carbonyl (C=O) groups excluding carboxylic acids is 3. The quantitative estimate of drug-likeness (QED) is 0.829. The third kappa shape index (κ3) is 2.40. The van der Waals surface area contributed by atoms with Gasteiger partial charge in [-0.3, -0.25) is 24.6 Å². The molecule has 3 amide bonds. The largest absolute Gasteiger partial charge is 0.306 e. The van der Waals surface area contributed by atoms with Gasteiger partial charge in [0.15, 0.2) is 0 Å². The summed E-state index contributed by atoms with van der Waals surface area (Å²) in [6.45, 7) is 2.10. The van der Waals surface area contributed by atoms with Gasteiger partial charge < -0.3 is 4.90 Å². The van der Waals surface area contributed by atoms with Gasteiger partial charge in [0.05, 0.1) is 5.69 Å². The average molecular weight is 363 g/mol. The van der Waals surface area contributed by atoms with E-state index >= 15 is 0 Å². The number of benzene rings is 2. The topological polar surface area (TPSA) is 69.7 Å². The minimum absolute atomic E-state index is 0.147. The molecule has 138 valence electrons. The van der Waals surface area contributed by atoms with Crippen molar-refractivity contribution in [3.8, 4) is 0 Å². The lowest BCUT2D eigenvalue weighted by molar-refractivity contribution is -0.134. The third-order valence-electron chi connectivity index (χ3n) is 6.11. The van der Waals surface area contributed by atoms with Crippen LogP contribution in [0.25, 0.3) is 10.8 Å². The summed E-state index contributed by atoms with van der Waals surface area (Å²) in [4.78, 5) is 40.9. The Balaban J connectivity index is 1.62. The predicted molar refractivity (Wildman–Crippen MR) is 102 cm³/mol. The van der Waals surface area contributed by atoms with Gasteiger partial charge in [0, 0.05) is 23.9 Å². The molecule has 0 aliphatic carbocycles. The van der Waals surface area contributed by atoms with Gasteiger partial charge in [-0.25, -0.2) is 0 Å². The molecule has 0 radical (unpaired) electrons. The number of nitrogens with one attached hydrogen (secondary N) is 1. The molecule has 2 saturated heterocycles. The molecule has 2 unspecified atom stereocenters. The molecule has 2 aromatic carbocycles. The van der Waals surface area contributed by atoms with Crippen molar-refractivity contribution < 1.29 is 14.4 Å². The molecule has 3 heterocycles. The van der Waals surface area contributed by atoms with E-state index in [9.17, 15) is 14.4 Å². The monoisotopic (exact) mass is 363 g/mol. The number of piperidine rings is 1. The molecule has 3 aliphatic heterocycles. The lowest BCUT2D eigenvalue weighted by atomic mass is 9.91. The van der Waals surface area contributed by atoms with Crippen LogP contribution in [-0.2, 0) is 9.59 Å². The first-order valence-electron chi connectivity index (χ1n) is 9.46. The molecular formula is C21H21N3O3.